The Hall–Kier alpha value is -5.20. The van der Waals surface area contributed by atoms with Crippen LogP contribution in [0.15, 0.2) is 193 Å². The van der Waals surface area contributed by atoms with Crippen molar-refractivity contribution in [2.75, 3.05) is 0 Å². The van der Waals surface area contributed by atoms with Crippen LogP contribution >= 0.6 is 0 Å². The molecule has 7 rings (SSSR count). The molecule has 0 fully saturated rings. The monoisotopic (exact) mass is 676 g/mol. The quantitative estimate of drug-likeness (QED) is 0.109. The van der Waals surface area contributed by atoms with Gasteiger partial charge < -0.3 is 0 Å². The molecule has 5 aromatic carbocycles. The van der Waals surface area contributed by atoms with E-state index in [2.05, 4.69) is 197 Å². The molecule has 2 aliphatic carbocycles. The molecule has 0 spiro atoms. The summed E-state index contributed by atoms with van der Waals surface area (Å²) >= 11 is 0. The van der Waals surface area contributed by atoms with E-state index in [-0.39, 0.29) is 0 Å². The number of aryl methyl sites for hydroxylation is 1. The summed E-state index contributed by atoms with van der Waals surface area (Å²) in [6.07, 6.45) is 26.0. The summed E-state index contributed by atoms with van der Waals surface area (Å²) in [5, 5.41) is 2.70. The van der Waals surface area contributed by atoms with Gasteiger partial charge in [0.15, 0.2) is 0 Å². The lowest BCUT2D eigenvalue weighted by Crippen LogP contribution is -2.18. The van der Waals surface area contributed by atoms with E-state index in [0.29, 0.717) is 23.7 Å². The van der Waals surface area contributed by atoms with Gasteiger partial charge in [-0.3, -0.25) is 0 Å². The maximum Gasteiger partial charge on any atom is 0.00861 e. The Kier molecular flexibility index (Phi) is 11.4. The van der Waals surface area contributed by atoms with Crippen LogP contribution in [0, 0.1) is 11.8 Å². The average Bonchev–Trinajstić information content (AvgIpc) is 3.21. The smallest absolute Gasteiger partial charge is 0.00861 e. The van der Waals surface area contributed by atoms with Crippen LogP contribution in [0.25, 0.3) is 21.9 Å². The number of fused-ring (bicyclic) bond motifs is 2. The van der Waals surface area contributed by atoms with Gasteiger partial charge in [0.2, 0.25) is 0 Å². The van der Waals surface area contributed by atoms with Gasteiger partial charge in [-0.1, -0.05) is 189 Å². The largest absolute Gasteiger partial charge is 0.0874 e. The molecular formula is C52H52. The third-order valence-electron chi connectivity index (χ3n) is 11.5. The second-order valence-corrected chi connectivity index (χ2v) is 14.7. The predicted octanol–water partition coefficient (Wildman–Crippen LogP) is 14.1. The fourth-order valence-electron chi connectivity index (χ4n) is 8.54. The maximum absolute atomic E-state index is 2.42. The molecule has 0 N–H and O–H groups in total. The molecule has 4 atom stereocenters. The van der Waals surface area contributed by atoms with Crippen molar-refractivity contribution in [1.82, 2.24) is 0 Å². The molecule has 0 radical (unpaired) electrons. The minimum Gasteiger partial charge on any atom is -0.0874 e. The van der Waals surface area contributed by atoms with E-state index >= 15 is 0 Å². The molecule has 0 aromatic heterocycles. The van der Waals surface area contributed by atoms with Crippen molar-refractivity contribution in [1.29, 1.82) is 0 Å². The molecule has 52 heavy (non-hydrogen) atoms. The zero-order valence-corrected chi connectivity index (χ0v) is 31.1. The summed E-state index contributed by atoms with van der Waals surface area (Å²) in [6.45, 7) is 6.75. The van der Waals surface area contributed by atoms with E-state index in [0.717, 1.165) is 32.1 Å². The zero-order chi connectivity index (χ0) is 35.7. The first-order valence-electron chi connectivity index (χ1n) is 19.3. The third kappa shape index (κ3) is 8.13. The second kappa shape index (κ2) is 16.9. The number of hydrogen-bond acceptors (Lipinski definition) is 0. The minimum absolute atomic E-state index is 0.391. The van der Waals surface area contributed by atoms with Crippen LogP contribution in [0.5, 0.6) is 0 Å². The van der Waals surface area contributed by atoms with E-state index < -0.39 is 0 Å². The Morgan fingerprint density at radius 3 is 2.21 bits per heavy atom. The molecule has 0 nitrogen and oxygen atoms in total. The highest BCUT2D eigenvalue weighted by atomic mass is 14.3. The summed E-state index contributed by atoms with van der Waals surface area (Å²) in [6, 6.07) is 45.3. The van der Waals surface area contributed by atoms with Gasteiger partial charge in [-0.15, -0.1) is 0 Å². The fraction of sp³-hybridized carbons (Fsp3) is 0.231. The van der Waals surface area contributed by atoms with Crippen molar-refractivity contribution in [3.8, 4) is 11.1 Å². The van der Waals surface area contributed by atoms with Gasteiger partial charge >= 0.3 is 0 Å². The molecular weight excluding hydrogens is 625 g/mol. The van der Waals surface area contributed by atoms with Crippen molar-refractivity contribution in [2.45, 2.75) is 64.7 Å². The summed E-state index contributed by atoms with van der Waals surface area (Å²) in [5.41, 5.74) is 12.7. The summed E-state index contributed by atoms with van der Waals surface area (Å²) < 4.78 is 0. The highest BCUT2D eigenvalue weighted by Gasteiger charge is 2.28. The first kappa shape index (κ1) is 35.2. The van der Waals surface area contributed by atoms with Gasteiger partial charge in [-0.05, 0) is 119 Å². The van der Waals surface area contributed by atoms with Gasteiger partial charge in [0.1, 0.15) is 0 Å². The number of benzene rings is 5. The molecule has 0 amide bonds. The van der Waals surface area contributed by atoms with Crippen LogP contribution in [0.2, 0.25) is 0 Å². The van der Waals surface area contributed by atoms with Crippen LogP contribution in [0.4, 0.5) is 0 Å². The standard InChI is InChI=1S/C52H52/c1-4-15-41(5-2)52(37-47-22-13-20-45-18-9-11-23-49(45)47)38(3)42-32-34-44(35-33-42)43-29-26-39(27-30-43)28-31-48(36-40-16-7-6-8-17-40)51-25-14-21-46-19-10-12-24-50(46)51/h4-22,24-27,29-30,32-35,38,48-49,52H,23,28,31,36-37H2,1-3H3. The number of rotatable bonds is 13. The van der Waals surface area contributed by atoms with E-state index in [9.17, 15) is 0 Å². The highest BCUT2D eigenvalue weighted by Crippen LogP contribution is 2.42. The van der Waals surface area contributed by atoms with Gasteiger partial charge in [0, 0.05) is 5.92 Å². The number of allylic oxidation sites excluding steroid dienone is 12. The van der Waals surface area contributed by atoms with Crippen LogP contribution in [-0.2, 0) is 12.8 Å². The molecule has 260 valence electrons. The fourth-order valence-corrected chi connectivity index (χ4v) is 8.54. The molecule has 0 saturated carbocycles. The van der Waals surface area contributed by atoms with Crippen LogP contribution in [0.3, 0.4) is 0 Å². The van der Waals surface area contributed by atoms with Crippen molar-refractivity contribution >= 4 is 10.8 Å². The van der Waals surface area contributed by atoms with Crippen molar-refractivity contribution in [2.24, 2.45) is 11.8 Å². The van der Waals surface area contributed by atoms with Gasteiger partial charge in [-0.2, -0.15) is 0 Å². The van der Waals surface area contributed by atoms with Crippen LogP contribution < -0.4 is 0 Å². The lowest BCUT2D eigenvalue weighted by atomic mass is 9.72. The van der Waals surface area contributed by atoms with Crippen molar-refractivity contribution in [3.63, 3.8) is 0 Å². The molecule has 5 aromatic rings. The molecule has 2 aliphatic rings. The summed E-state index contributed by atoms with van der Waals surface area (Å²) in [4.78, 5) is 0. The Morgan fingerprint density at radius 2 is 1.44 bits per heavy atom. The SMILES string of the molecule is CC=CC(=CC)C(CC1=CC=CC2=CC=CCC21)C(C)c1ccc(-c2ccc(CCC(Cc3ccccc3)c3cccc4ccccc34)cc2)cc1. The Bertz CT molecular complexity index is 2120. The Morgan fingerprint density at radius 1 is 0.712 bits per heavy atom. The second-order valence-electron chi connectivity index (χ2n) is 14.7. The van der Waals surface area contributed by atoms with E-state index in [4.69, 9.17) is 0 Å². The van der Waals surface area contributed by atoms with Crippen molar-refractivity contribution < 1.29 is 0 Å². The lowest BCUT2D eigenvalue weighted by Gasteiger charge is -2.32. The van der Waals surface area contributed by atoms with E-state index in [1.807, 2.05) is 0 Å². The molecule has 0 saturated heterocycles. The van der Waals surface area contributed by atoms with E-state index in [1.54, 1.807) is 5.57 Å². The molecule has 0 aliphatic heterocycles. The van der Waals surface area contributed by atoms with Gasteiger partial charge in [0.05, 0.1) is 0 Å². The Labute approximate surface area is 312 Å². The van der Waals surface area contributed by atoms with E-state index in [1.165, 1.54) is 55.3 Å². The minimum atomic E-state index is 0.391. The predicted molar refractivity (Wildman–Crippen MR) is 225 cm³/mol. The number of hydrogen-bond donors (Lipinski definition) is 0. The summed E-state index contributed by atoms with van der Waals surface area (Å²) in [7, 11) is 0. The normalized spacial score (nSPS) is 17.4. The van der Waals surface area contributed by atoms with Gasteiger partial charge in [-0.25, -0.2) is 0 Å². The lowest BCUT2D eigenvalue weighted by molar-refractivity contribution is 0.493. The van der Waals surface area contributed by atoms with Crippen molar-refractivity contribution in [3.05, 3.63) is 215 Å². The molecule has 0 heterocycles. The summed E-state index contributed by atoms with van der Waals surface area (Å²) in [5.74, 6) is 1.76. The average molecular weight is 677 g/mol. The Balaban J connectivity index is 1.06. The molecule has 4 unspecified atom stereocenters. The maximum atomic E-state index is 2.42. The van der Waals surface area contributed by atoms with Crippen LogP contribution in [0.1, 0.15) is 74.1 Å². The molecule has 0 heteroatoms. The third-order valence-corrected chi connectivity index (χ3v) is 11.5. The first-order valence-corrected chi connectivity index (χ1v) is 19.3. The molecule has 0 bridgehead atoms. The topological polar surface area (TPSA) is 0 Å². The van der Waals surface area contributed by atoms with Crippen LogP contribution in [-0.4, -0.2) is 0 Å². The van der Waals surface area contributed by atoms with Gasteiger partial charge in [0.25, 0.3) is 0 Å². The highest BCUT2D eigenvalue weighted by molar-refractivity contribution is 5.86. The first-order chi connectivity index (χ1) is 25.6. The zero-order valence-electron chi connectivity index (χ0n) is 31.1.